The van der Waals surface area contributed by atoms with Crippen molar-refractivity contribution in [3.8, 4) is 0 Å². The van der Waals surface area contributed by atoms with Gasteiger partial charge in [0, 0.05) is 26.7 Å². The van der Waals surface area contributed by atoms with Crippen LogP contribution in [0.1, 0.15) is 6.42 Å². The maximum Gasteiger partial charge on any atom is 0.428 e. The van der Waals surface area contributed by atoms with Crippen LogP contribution in [0.4, 0.5) is 9.59 Å². The molecule has 0 saturated heterocycles. The number of nitrogens with one attached hydrogen (secondary N) is 2. The van der Waals surface area contributed by atoms with E-state index in [9.17, 15) is 14.4 Å². The first-order chi connectivity index (χ1) is 9.58. The normalized spacial score (nSPS) is 9.35. The summed E-state index contributed by atoms with van der Waals surface area (Å²) in [6, 6.07) is -0.428. The predicted molar refractivity (Wildman–Crippen MR) is 71.8 cm³/mol. The summed E-state index contributed by atoms with van der Waals surface area (Å²) < 4.78 is 4.56. The fourth-order valence-corrected chi connectivity index (χ4v) is 1.35. The Balaban J connectivity index is 4.54. The second-order valence-corrected chi connectivity index (χ2v) is 3.78. The molecule has 0 aromatic heterocycles. The number of isocyanates is 1. The quantitative estimate of drug-likeness (QED) is 0.286. The van der Waals surface area contributed by atoms with Gasteiger partial charge in [-0.1, -0.05) is 0 Å². The van der Waals surface area contributed by atoms with Crippen LogP contribution in [-0.4, -0.2) is 75.6 Å². The fourth-order valence-electron chi connectivity index (χ4n) is 1.35. The first kappa shape index (κ1) is 17.9. The second-order valence-electron chi connectivity index (χ2n) is 3.78. The minimum Gasteiger partial charge on any atom is -0.452 e. The van der Waals surface area contributed by atoms with Crippen LogP contribution in [0.15, 0.2) is 4.99 Å². The minimum atomic E-state index is -0.660. The van der Waals surface area contributed by atoms with E-state index in [1.165, 1.54) is 25.2 Å². The molecule has 0 fully saturated rings. The lowest BCUT2D eigenvalue weighted by atomic mass is 10.4. The Bertz CT molecular complexity index is 357. The van der Waals surface area contributed by atoms with Crippen LogP contribution < -0.4 is 10.6 Å². The number of carbonyl (C=O) groups is 2. The molecular weight excluding hydrogens is 266 g/mol. The largest absolute Gasteiger partial charge is 0.452 e. The van der Waals surface area contributed by atoms with E-state index in [2.05, 4.69) is 20.4 Å². The number of ether oxygens (including phenoxy) is 1. The van der Waals surface area contributed by atoms with Crippen molar-refractivity contribution in [3.05, 3.63) is 0 Å². The molecule has 0 heterocycles. The Kier molecular flexibility index (Phi) is 9.63. The van der Waals surface area contributed by atoms with E-state index in [1.807, 2.05) is 0 Å². The topological polar surface area (TPSA) is 103 Å². The first-order valence-corrected chi connectivity index (χ1v) is 6.13. The summed E-state index contributed by atoms with van der Waals surface area (Å²) in [5.74, 6) is 0. The van der Waals surface area contributed by atoms with Gasteiger partial charge >= 0.3 is 12.1 Å². The van der Waals surface area contributed by atoms with Gasteiger partial charge in [-0.15, -0.1) is 0 Å². The average molecular weight is 287 g/mol. The molecule has 20 heavy (non-hydrogen) atoms. The van der Waals surface area contributed by atoms with Crippen LogP contribution in [0.2, 0.25) is 0 Å². The van der Waals surface area contributed by atoms with Crippen molar-refractivity contribution in [1.82, 2.24) is 20.7 Å². The predicted octanol–water partition coefficient (Wildman–Crippen LogP) is -0.443. The maximum absolute atomic E-state index is 12.0. The molecule has 3 amide bonds. The number of methoxy groups -OCH3 is 1. The van der Waals surface area contributed by atoms with E-state index < -0.39 is 12.1 Å². The van der Waals surface area contributed by atoms with Gasteiger partial charge in [0.25, 0.3) is 0 Å². The van der Waals surface area contributed by atoms with Gasteiger partial charge in [-0.2, -0.15) is 0 Å². The number of amides is 3. The molecule has 0 aliphatic heterocycles. The Labute approximate surface area is 117 Å². The highest BCUT2D eigenvalue weighted by Gasteiger charge is 2.22. The van der Waals surface area contributed by atoms with Crippen molar-refractivity contribution in [1.29, 1.82) is 0 Å². The third-order valence-electron chi connectivity index (χ3n) is 2.39. The van der Waals surface area contributed by atoms with Crippen molar-refractivity contribution < 1.29 is 19.1 Å². The summed E-state index contributed by atoms with van der Waals surface area (Å²) in [4.78, 5) is 36.8. The van der Waals surface area contributed by atoms with Crippen LogP contribution in [0, 0.1) is 0 Å². The molecule has 0 aromatic rings. The summed E-state index contributed by atoms with van der Waals surface area (Å²) in [5, 5.41) is 7.81. The zero-order valence-electron chi connectivity index (χ0n) is 12.0. The highest BCUT2D eigenvalue weighted by atomic mass is 16.5. The summed E-state index contributed by atoms with van der Waals surface area (Å²) in [5.41, 5.74) is 0. The van der Waals surface area contributed by atoms with E-state index in [1.54, 1.807) is 7.05 Å². The number of hydrazine groups is 1. The third kappa shape index (κ3) is 6.72. The van der Waals surface area contributed by atoms with Gasteiger partial charge < -0.3 is 15.4 Å². The molecule has 0 unspecified atom stereocenters. The molecular formula is C11H21N5O4. The highest BCUT2D eigenvalue weighted by Crippen LogP contribution is 2.01. The third-order valence-corrected chi connectivity index (χ3v) is 2.39. The van der Waals surface area contributed by atoms with Crippen LogP contribution in [0.3, 0.4) is 0 Å². The van der Waals surface area contributed by atoms with Gasteiger partial charge in [-0.3, -0.25) is 0 Å². The molecule has 0 aromatic carbocycles. The van der Waals surface area contributed by atoms with Gasteiger partial charge in [0.2, 0.25) is 6.08 Å². The van der Waals surface area contributed by atoms with Crippen molar-refractivity contribution in [2.75, 3.05) is 47.4 Å². The van der Waals surface area contributed by atoms with E-state index in [0.29, 0.717) is 19.5 Å². The van der Waals surface area contributed by atoms with Crippen molar-refractivity contribution in [3.63, 3.8) is 0 Å². The van der Waals surface area contributed by atoms with Gasteiger partial charge in [0.15, 0.2) is 0 Å². The van der Waals surface area contributed by atoms with E-state index in [-0.39, 0.29) is 13.1 Å². The molecule has 9 heteroatoms. The van der Waals surface area contributed by atoms with Crippen molar-refractivity contribution in [2.45, 2.75) is 6.42 Å². The fraction of sp³-hybridized carbons (Fsp3) is 0.727. The van der Waals surface area contributed by atoms with Crippen molar-refractivity contribution >= 4 is 18.2 Å². The van der Waals surface area contributed by atoms with Gasteiger partial charge in [0.1, 0.15) is 0 Å². The summed E-state index contributed by atoms with van der Waals surface area (Å²) in [6.45, 7) is 1.49. The molecule has 2 N–H and O–H groups in total. The monoisotopic (exact) mass is 287 g/mol. The Morgan fingerprint density at radius 1 is 1.35 bits per heavy atom. The first-order valence-electron chi connectivity index (χ1n) is 6.13. The van der Waals surface area contributed by atoms with Crippen LogP contribution in [-0.2, 0) is 9.53 Å². The maximum atomic E-state index is 12.0. The molecule has 0 bridgehead atoms. The molecule has 0 rings (SSSR count). The Morgan fingerprint density at radius 2 is 2.05 bits per heavy atom. The van der Waals surface area contributed by atoms with E-state index >= 15 is 0 Å². The molecule has 9 nitrogen and oxygen atoms in total. The number of likely N-dealkylation sites (N-methyl/N-ethyl adjacent to an activating group) is 1. The number of carbonyl (C=O) groups excluding carboxylic acids is 3. The molecule has 114 valence electrons. The number of aliphatic imine (C=N–C) groups is 1. The van der Waals surface area contributed by atoms with Gasteiger partial charge in [-0.05, 0) is 13.5 Å². The molecule has 0 spiro atoms. The summed E-state index contributed by atoms with van der Waals surface area (Å²) in [6.07, 6.45) is 1.19. The molecule has 0 aliphatic rings. The lowest BCUT2D eigenvalue weighted by molar-refractivity contribution is 0.0305. The Morgan fingerprint density at radius 3 is 2.60 bits per heavy atom. The molecule has 0 radical (unpaired) electrons. The minimum absolute atomic E-state index is 0.224. The number of hydrogen-bond donors (Lipinski definition) is 2. The standard InChI is InChI=1S/C11H21N5O4/c1-12-6-7-14-10(18)16(8-4-5-13-9-17)15(2)11(19)20-3/h12H,4-8H2,1-3H3,(H,14,18). The number of nitrogens with zero attached hydrogens (tertiary/aromatic N) is 3. The molecule has 0 atom stereocenters. The van der Waals surface area contributed by atoms with Gasteiger partial charge in [-0.25, -0.2) is 29.4 Å². The second kappa shape index (κ2) is 10.8. The number of rotatable bonds is 7. The average Bonchev–Trinajstić information content (AvgIpc) is 2.46. The smallest absolute Gasteiger partial charge is 0.428 e. The van der Waals surface area contributed by atoms with Crippen LogP contribution >= 0.6 is 0 Å². The lowest BCUT2D eigenvalue weighted by Gasteiger charge is -2.30. The van der Waals surface area contributed by atoms with E-state index in [4.69, 9.17) is 0 Å². The van der Waals surface area contributed by atoms with Crippen molar-refractivity contribution in [2.24, 2.45) is 4.99 Å². The molecule has 0 aliphatic carbocycles. The van der Waals surface area contributed by atoms with Crippen LogP contribution in [0.5, 0.6) is 0 Å². The van der Waals surface area contributed by atoms with Gasteiger partial charge in [0.05, 0.1) is 13.7 Å². The zero-order valence-corrected chi connectivity index (χ0v) is 12.0. The summed E-state index contributed by atoms with van der Waals surface area (Å²) in [7, 11) is 4.42. The number of hydrogen-bond acceptors (Lipinski definition) is 6. The number of urea groups is 1. The zero-order chi connectivity index (χ0) is 15.4. The molecule has 0 saturated carbocycles. The SMILES string of the molecule is CNCCNC(=O)N(CCCN=C=O)N(C)C(=O)OC. The Hall–Kier alpha value is -2.12. The highest BCUT2D eigenvalue weighted by molar-refractivity contribution is 5.77. The van der Waals surface area contributed by atoms with E-state index in [0.717, 1.165) is 5.01 Å². The summed E-state index contributed by atoms with van der Waals surface area (Å²) >= 11 is 0. The lowest BCUT2D eigenvalue weighted by Crippen LogP contribution is -2.52. The van der Waals surface area contributed by atoms with Crippen LogP contribution in [0.25, 0.3) is 0 Å².